The van der Waals surface area contributed by atoms with E-state index in [4.69, 9.17) is 0 Å². The summed E-state index contributed by atoms with van der Waals surface area (Å²) in [6, 6.07) is 8.12. The smallest absolute Gasteiger partial charge is 0.322 e. The molecule has 0 aliphatic carbocycles. The van der Waals surface area contributed by atoms with Crippen molar-refractivity contribution in [3.05, 3.63) is 28.7 Å². The van der Waals surface area contributed by atoms with Crippen LogP contribution in [0.2, 0.25) is 0 Å². The minimum atomic E-state index is 0.0314. The van der Waals surface area contributed by atoms with Crippen molar-refractivity contribution in [2.75, 3.05) is 11.9 Å². The van der Waals surface area contributed by atoms with Gasteiger partial charge in [0.1, 0.15) is 0 Å². The van der Waals surface area contributed by atoms with E-state index in [9.17, 15) is 4.79 Å². The summed E-state index contributed by atoms with van der Waals surface area (Å²) in [4.78, 5) is 14.2. The van der Waals surface area contributed by atoms with Crippen molar-refractivity contribution in [3.8, 4) is 0 Å². The zero-order valence-corrected chi connectivity index (χ0v) is 12.2. The van der Waals surface area contributed by atoms with Gasteiger partial charge in [-0.25, -0.2) is 4.79 Å². The molecule has 2 rings (SSSR count). The first-order valence-electron chi connectivity index (χ1n) is 6.54. The van der Waals surface area contributed by atoms with Crippen LogP contribution in [0.4, 0.5) is 10.5 Å². The van der Waals surface area contributed by atoms with Crippen LogP contribution >= 0.6 is 15.9 Å². The van der Waals surface area contributed by atoms with Crippen molar-refractivity contribution in [1.29, 1.82) is 0 Å². The van der Waals surface area contributed by atoms with Gasteiger partial charge in [-0.05, 0) is 49.9 Å². The monoisotopic (exact) mass is 310 g/mol. The third-order valence-electron chi connectivity index (χ3n) is 3.45. The topological polar surface area (TPSA) is 32.3 Å². The summed E-state index contributed by atoms with van der Waals surface area (Å²) in [7, 11) is 0. The van der Waals surface area contributed by atoms with E-state index in [2.05, 4.69) is 28.2 Å². The molecule has 1 aromatic carbocycles. The van der Waals surface area contributed by atoms with E-state index in [0.717, 1.165) is 36.0 Å². The molecular weight excluding hydrogens is 292 g/mol. The van der Waals surface area contributed by atoms with Gasteiger partial charge in [-0.15, -0.1) is 0 Å². The summed E-state index contributed by atoms with van der Waals surface area (Å²) in [5, 5.41) is 2.97. The Morgan fingerprint density at radius 2 is 2.11 bits per heavy atom. The third kappa shape index (κ3) is 3.25. The maximum atomic E-state index is 12.2. The van der Waals surface area contributed by atoms with Gasteiger partial charge >= 0.3 is 6.03 Å². The minimum Gasteiger partial charge on any atom is -0.322 e. The molecule has 1 aromatic rings. The molecule has 1 fully saturated rings. The van der Waals surface area contributed by atoms with Gasteiger partial charge in [-0.3, -0.25) is 0 Å². The van der Waals surface area contributed by atoms with Gasteiger partial charge in [0.2, 0.25) is 0 Å². The summed E-state index contributed by atoms with van der Waals surface area (Å²) in [5.74, 6) is 0. The van der Waals surface area contributed by atoms with Crippen LogP contribution in [0.1, 0.15) is 32.6 Å². The number of halogens is 1. The van der Waals surface area contributed by atoms with Crippen molar-refractivity contribution in [3.63, 3.8) is 0 Å². The number of hydrogen-bond acceptors (Lipinski definition) is 1. The fraction of sp³-hybridized carbons (Fsp3) is 0.500. The largest absolute Gasteiger partial charge is 0.322 e. The van der Waals surface area contributed by atoms with Crippen LogP contribution in [0.5, 0.6) is 0 Å². The number of benzene rings is 1. The number of carbonyl (C=O) groups is 1. The Balaban J connectivity index is 2.00. The van der Waals surface area contributed by atoms with Gasteiger partial charge < -0.3 is 10.2 Å². The van der Waals surface area contributed by atoms with Gasteiger partial charge in [-0.2, -0.15) is 0 Å². The highest BCUT2D eigenvalue weighted by Crippen LogP contribution is 2.21. The van der Waals surface area contributed by atoms with Crippen molar-refractivity contribution in [2.45, 2.75) is 38.6 Å². The highest BCUT2D eigenvalue weighted by molar-refractivity contribution is 9.10. The number of nitrogens with zero attached hydrogens (tertiary/aromatic N) is 1. The number of piperidine rings is 1. The van der Waals surface area contributed by atoms with Crippen LogP contribution in [-0.2, 0) is 0 Å². The lowest BCUT2D eigenvalue weighted by atomic mass is 10.0. The molecule has 4 heteroatoms. The SMILES string of the molecule is CC[C@@H]1CCCCN1C(=O)Nc1ccc(Br)cc1. The Bertz CT molecular complexity index is 405. The Labute approximate surface area is 117 Å². The molecule has 1 atom stereocenters. The Morgan fingerprint density at radius 1 is 1.39 bits per heavy atom. The maximum Gasteiger partial charge on any atom is 0.322 e. The average Bonchev–Trinajstić information content (AvgIpc) is 2.41. The van der Waals surface area contributed by atoms with Crippen molar-refractivity contribution < 1.29 is 4.79 Å². The highest BCUT2D eigenvalue weighted by atomic mass is 79.9. The summed E-state index contributed by atoms with van der Waals surface area (Å²) >= 11 is 3.39. The summed E-state index contributed by atoms with van der Waals surface area (Å²) in [5.41, 5.74) is 0.851. The van der Waals surface area contributed by atoms with Crippen LogP contribution < -0.4 is 5.32 Å². The molecule has 0 aromatic heterocycles. The number of carbonyl (C=O) groups excluding carboxylic acids is 1. The lowest BCUT2D eigenvalue weighted by Crippen LogP contribution is -2.45. The van der Waals surface area contributed by atoms with Gasteiger partial charge in [0.15, 0.2) is 0 Å². The second kappa shape index (κ2) is 6.23. The van der Waals surface area contributed by atoms with E-state index in [0.29, 0.717) is 6.04 Å². The molecule has 18 heavy (non-hydrogen) atoms. The number of likely N-dealkylation sites (tertiary alicyclic amines) is 1. The quantitative estimate of drug-likeness (QED) is 0.870. The maximum absolute atomic E-state index is 12.2. The zero-order valence-electron chi connectivity index (χ0n) is 10.7. The van der Waals surface area contributed by atoms with Crippen molar-refractivity contribution in [2.24, 2.45) is 0 Å². The molecule has 1 heterocycles. The first kappa shape index (κ1) is 13.4. The first-order chi connectivity index (χ1) is 8.70. The third-order valence-corrected chi connectivity index (χ3v) is 3.98. The number of anilines is 1. The van der Waals surface area contributed by atoms with E-state index in [1.54, 1.807) is 0 Å². The normalized spacial score (nSPS) is 19.7. The molecule has 2 amide bonds. The minimum absolute atomic E-state index is 0.0314. The van der Waals surface area contributed by atoms with Gasteiger partial charge in [0, 0.05) is 22.7 Å². The number of amides is 2. The van der Waals surface area contributed by atoms with E-state index in [1.165, 1.54) is 6.42 Å². The summed E-state index contributed by atoms with van der Waals surface area (Å²) in [6.07, 6.45) is 4.52. The molecule has 0 radical (unpaired) electrons. The van der Waals surface area contributed by atoms with Crippen LogP contribution in [0, 0.1) is 0 Å². The molecule has 1 N–H and O–H groups in total. The molecule has 1 saturated heterocycles. The van der Waals surface area contributed by atoms with Crippen molar-refractivity contribution in [1.82, 2.24) is 4.90 Å². The molecular formula is C14H19BrN2O. The van der Waals surface area contributed by atoms with Gasteiger partial charge in [0.25, 0.3) is 0 Å². The molecule has 0 saturated carbocycles. The number of nitrogens with one attached hydrogen (secondary N) is 1. The lowest BCUT2D eigenvalue weighted by molar-refractivity contribution is 0.160. The molecule has 0 bridgehead atoms. The number of rotatable bonds is 2. The second-order valence-electron chi connectivity index (χ2n) is 4.69. The summed E-state index contributed by atoms with van der Waals surface area (Å²) in [6.45, 7) is 3.02. The Hall–Kier alpha value is -1.03. The van der Waals surface area contributed by atoms with E-state index in [1.807, 2.05) is 29.2 Å². The molecule has 3 nitrogen and oxygen atoms in total. The molecule has 0 spiro atoms. The van der Waals surface area contributed by atoms with Crippen LogP contribution in [-0.4, -0.2) is 23.5 Å². The van der Waals surface area contributed by atoms with E-state index < -0.39 is 0 Å². The van der Waals surface area contributed by atoms with Crippen molar-refractivity contribution >= 4 is 27.6 Å². The molecule has 0 unspecified atom stereocenters. The molecule has 1 aliphatic rings. The van der Waals surface area contributed by atoms with Crippen LogP contribution in [0.3, 0.4) is 0 Å². The van der Waals surface area contributed by atoms with E-state index in [-0.39, 0.29) is 6.03 Å². The van der Waals surface area contributed by atoms with Crippen LogP contribution in [0.15, 0.2) is 28.7 Å². The molecule has 98 valence electrons. The standard InChI is InChI=1S/C14H19BrN2O/c1-2-13-5-3-4-10-17(13)14(18)16-12-8-6-11(15)7-9-12/h6-9,13H,2-5,10H2,1H3,(H,16,18)/t13-/m1/s1. The highest BCUT2D eigenvalue weighted by Gasteiger charge is 2.25. The lowest BCUT2D eigenvalue weighted by Gasteiger charge is -2.35. The zero-order chi connectivity index (χ0) is 13.0. The predicted octanol–water partition coefficient (Wildman–Crippen LogP) is 4.25. The molecule has 1 aliphatic heterocycles. The predicted molar refractivity (Wildman–Crippen MR) is 77.8 cm³/mol. The van der Waals surface area contributed by atoms with Gasteiger partial charge in [-0.1, -0.05) is 22.9 Å². The first-order valence-corrected chi connectivity index (χ1v) is 7.33. The second-order valence-corrected chi connectivity index (χ2v) is 5.60. The Morgan fingerprint density at radius 3 is 2.78 bits per heavy atom. The fourth-order valence-electron chi connectivity index (χ4n) is 2.42. The van der Waals surface area contributed by atoms with Crippen LogP contribution in [0.25, 0.3) is 0 Å². The number of urea groups is 1. The fourth-order valence-corrected chi connectivity index (χ4v) is 2.69. The summed E-state index contributed by atoms with van der Waals surface area (Å²) < 4.78 is 1.02. The Kier molecular flexibility index (Phi) is 4.64. The number of hydrogen-bond donors (Lipinski definition) is 1. The average molecular weight is 311 g/mol. The van der Waals surface area contributed by atoms with Gasteiger partial charge in [0.05, 0.1) is 0 Å². The van der Waals surface area contributed by atoms with E-state index >= 15 is 0 Å².